The van der Waals surface area contributed by atoms with E-state index in [1.54, 1.807) is 30.1 Å². The number of nitrogens with one attached hydrogen (secondary N) is 1. The predicted octanol–water partition coefficient (Wildman–Crippen LogP) is 4.57. The number of hydrogen-bond acceptors (Lipinski definition) is 6. The van der Waals surface area contributed by atoms with Gasteiger partial charge >= 0.3 is 0 Å². The Morgan fingerprint density at radius 2 is 2.12 bits per heavy atom. The molecule has 1 aliphatic rings. The second-order valence-corrected chi connectivity index (χ2v) is 8.48. The number of nitrogens with zero attached hydrogens (tertiary/aromatic N) is 2. The molecule has 0 radical (unpaired) electrons. The summed E-state index contributed by atoms with van der Waals surface area (Å²) in [5, 5.41) is 12.7. The van der Waals surface area contributed by atoms with Gasteiger partial charge in [-0.25, -0.2) is 0 Å². The van der Waals surface area contributed by atoms with Gasteiger partial charge in [0, 0.05) is 28.5 Å². The summed E-state index contributed by atoms with van der Waals surface area (Å²) in [6, 6.07) is 12.0. The topological polar surface area (TPSA) is 70.4 Å². The smallest absolute Gasteiger partial charge is 0.264 e. The van der Waals surface area contributed by atoms with Crippen LogP contribution in [0, 0.1) is 4.77 Å². The maximum absolute atomic E-state index is 12.5. The van der Waals surface area contributed by atoms with Crippen molar-refractivity contribution in [1.29, 1.82) is 0 Å². The Labute approximate surface area is 163 Å². The Kier molecular flexibility index (Phi) is 4.56. The van der Waals surface area contributed by atoms with Gasteiger partial charge in [-0.05, 0) is 35.8 Å². The minimum atomic E-state index is -0.418. The number of fused-ring (bicyclic) bond motifs is 1. The third-order valence-electron chi connectivity index (χ3n) is 4.21. The monoisotopic (exact) mass is 401 g/mol. The lowest BCUT2D eigenvalue weighted by Gasteiger charge is -2.15. The Hall–Kier alpha value is -2.16. The molecule has 0 fully saturated rings. The zero-order chi connectivity index (χ0) is 18.3. The van der Waals surface area contributed by atoms with Crippen LogP contribution in [0.2, 0.25) is 0 Å². The van der Waals surface area contributed by atoms with Gasteiger partial charge in [-0.2, -0.15) is 0 Å². The van der Waals surface area contributed by atoms with E-state index in [4.69, 9.17) is 17.2 Å². The average Bonchev–Trinajstić information content (AvgIpc) is 3.08. The van der Waals surface area contributed by atoms with E-state index in [1.807, 2.05) is 35.7 Å². The number of aromatic hydroxyl groups is 1. The molecule has 1 aliphatic heterocycles. The van der Waals surface area contributed by atoms with Gasteiger partial charge in [-0.3, -0.25) is 19.3 Å². The molecule has 26 heavy (non-hydrogen) atoms. The molecule has 8 heteroatoms. The van der Waals surface area contributed by atoms with Crippen LogP contribution in [0.4, 0.5) is 5.69 Å². The number of H-pyrrole nitrogens is 1. The van der Waals surface area contributed by atoms with E-state index in [2.05, 4.69) is 11.1 Å². The van der Waals surface area contributed by atoms with Gasteiger partial charge in [-0.15, -0.1) is 23.1 Å². The molecule has 0 aliphatic carbocycles. The molecule has 0 amide bonds. The van der Waals surface area contributed by atoms with Gasteiger partial charge in [0.2, 0.25) is 5.88 Å². The van der Waals surface area contributed by atoms with Crippen LogP contribution in [0.3, 0.4) is 0 Å². The lowest BCUT2D eigenvalue weighted by atomic mass is 10.1. The number of aromatic nitrogens is 2. The van der Waals surface area contributed by atoms with Crippen LogP contribution in [0.15, 0.2) is 56.5 Å². The maximum Gasteiger partial charge on any atom is 0.264 e. The van der Waals surface area contributed by atoms with Gasteiger partial charge in [0.15, 0.2) is 4.77 Å². The summed E-state index contributed by atoms with van der Waals surface area (Å²) in [7, 11) is 1.62. The number of para-hydroxylation sites is 1. The summed E-state index contributed by atoms with van der Waals surface area (Å²) in [5.41, 5.74) is 1.12. The van der Waals surface area contributed by atoms with Crippen LogP contribution >= 0.6 is 35.3 Å². The molecule has 4 rings (SSSR count). The van der Waals surface area contributed by atoms with Crippen molar-refractivity contribution in [2.75, 3.05) is 0 Å². The van der Waals surface area contributed by atoms with Crippen molar-refractivity contribution in [3.05, 3.63) is 67.3 Å². The van der Waals surface area contributed by atoms with E-state index in [0.29, 0.717) is 12.1 Å². The Balaban J connectivity index is 1.93. The SMILES string of the molecule is Cn1c(O)c(C2=Nc3ccccc3SC(c3cccs3)C2)c(=O)[nH]c1=S. The standard InChI is InChI=1S/C18H15N3O2S3/c1-21-17(23)15(16(22)20-18(21)24)11-9-14(13-7-4-8-25-13)26-12-6-3-2-5-10(12)19-11/h2-8,14,23H,9H2,1H3,(H,20,22,24). The molecule has 1 atom stereocenters. The number of aliphatic imine (C=N–C) groups is 1. The van der Waals surface area contributed by atoms with Crippen molar-refractivity contribution in [2.24, 2.45) is 12.0 Å². The molecule has 1 unspecified atom stereocenters. The first-order valence-electron chi connectivity index (χ1n) is 7.94. The second-order valence-electron chi connectivity index (χ2n) is 5.87. The summed E-state index contributed by atoms with van der Waals surface area (Å²) >= 11 is 8.48. The molecule has 2 N–H and O–H groups in total. The third kappa shape index (κ3) is 3.04. The van der Waals surface area contributed by atoms with Gasteiger partial charge < -0.3 is 5.11 Å². The van der Waals surface area contributed by atoms with Crippen molar-refractivity contribution >= 4 is 46.7 Å². The van der Waals surface area contributed by atoms with Crippen molar-refractivity contribution in [3.63, 3.8) is 0 Å². The molecular weight excluding hydrogens is 386 g/mol. The number of hydrogen-bond donors (Lipinski definition) is 2. The highest BCUT2D eigenvalue weighted by Gasteiger charge is 2.26. The van der Waals surface area contributed by atoms with E-state index >= 15 is 0 Å². The lowest BCUT2D eigenvalue weighted by molar-refractivity contribution is 0.419. The Bertz CT molecular complexity index is 1110. The number of benzene rings is 1. The molecule has 3 aromatic rings. The molecular formula is C18H15N3O2S3. The van der Waals surface area contributed by atoms with Crippen LogP contribution < -0.4 is 5.56 Å². The highest BCUT2D eigenvalue weighted by molar-refractivity contribution is 7.99. The normalized spacial score (nSPS) is 16.7. The molecule has 0 saturated heterocycles. The van der Waals surface area contributed by atoms with Crippen LogP contribution in [0.1, 0.15) is 22.1 Å². The van der Waals surface area contributed by atoms with E-state index in [9.17, 15) is 9.90 Å². The Morgan fingerprint density at radius 3 is 2.88 bits per heavy atom. The minimum absolute atomic E-state index is 0.115. The van der Waals surface area contributed by atoms with Crippen molar-refractivity contribution in [2.45, 2.75) is 16.6 Å². The molecule has 0 spiro atoms. The maximum atomic E-state index is 12.5. The summed E-state index contributed by atoms with van der Waals surface area (Å²) < 4.78 is 1.56. The predicted molar refractivity (Wildman–Crippen MR) is 109 cm³/mol. The van der Waals surface area contributed by atoms with Gasteiger partial charge in [0.1, 0.15) is 5.56 Å². The fourth-order valence-electron chi connectivity index (χ4n) is 2.87. The van der Waals surface area contributed by atoms with Gasteiger partial charge in [0.05, 0.1) is 11.4 Å². The highest BCUT2D eigenvalue weighted by Crippen LogP contribution is 2.46. The first-order chi connectivity index (χ1) is 12.5. The minimum Gasteiger partial charge on any atom is -0.494 e. The zero-order valence-corrected chi connectivity index (χ0v) is 16.3. The van der Waals surface area contributed by atoms with E-state index in [-0.39, 0.29) is 21.5 Å². The lowest BCUT2D eigenvalue weighted by Crippen LogP contribution is -2.22. The third-order valence-corrected chi connectivity index (χ3v) is 7.03. The number of aromatic amines is 1. The summed E-state index contributed by atoms with van der Waals surface area (Å²) in [4.78, 5) is 22.2. The summed E-state index contributed by atoms with van der Waals surface area (Å²) in [6.45, 7) is 0. The van der Waals surface area contributed by atoms with E-state index in [0.717, 1.165) is 10.6 Å². The summed E-state index contributed by atoms with van der Waals surface area (Å²) in [5.74, 6) is -0.160. The first kappa shape index (κ1) is 17.3. The van der Waals surface area contributed by atoms with E-state index < -0.39 is 5.56 Å². The highest BCUT2D eigenvalue weighted by atomic mass is 32.2. The fraction of sp³-hybridized carbons (Fsp3) is 0.167. The fourth-order valence-corrected chi connectivity index (χ4v) is 5.20. The van der Waals surface area contributed by atoms with Crippen LogP contribution in [0.25, 0.3) is 0 Å². The van der Waals surface area contributed by atoms with Crippen LogP contribution in [-0.2, 0) is 7.05 Å². The van der Waals surface area contributed by atoms with Gasteiger partial charge in [-0.1, -0.05) is 18.2 Å². The van der Waals surface area contributed by atoms with E-state index in [1.165, 1.54) is 9.44 Å². The van der Waals surface area contributed by atoms with Crippen molar-refractivity contribution < 1.29 is 5.11 Å². The van der Waals surface area contributed by atoms with Crippen molar-refractivity contribution in [3.8, 4) is 5.88 Å². The van der Waals surface area contributed by atoms with Crippen LogP contribution in [-0.4, -0.2) is 20.4 Å². The molecule has 5 nitrogen and oxygen atoms in total. The number of rotatable bonds is 2. The molecule has 3 heterocycles. The van der Waals surface area contributed by atoms with Gasteiger partial charge in [0.25, 0.3) is 5.56 Å². The molecule has 0 saturated carbocycles. The van der Waals surface area contributed by atoms with Crippen LogP contribution in [0.5, 0.6) is 5.88 Å². The molecule has 1 aromatic carbocycles. The molecule has 0 bridgehead atoms. The second kappa shape index (κ2) is 6.86. The largest absolute Gasteiger partial charge is 0.494 e. The first-order valence-corrected chi connectivity index (χ1v) is 10.1. The Morgan fingerprint density at radius 1 is 1.31 bits per heavy atom. The number of thioether (sulfide) groups is 1. The summed E-state index contributed by atoms with van der Waals surface area (Å²) in [6.07, 6.45) is 0.535. The quantitative estimate of drug-likeness (QED) is 0.617. The molecule has 2 aromatic heterocycles. The van der Waals surface area contributed by atoms with Crippen molar-refractivity contribution in [1.82, 2.24) is 9.55 Å². The zero-order valence-electron chi connectivity index (χ0n) is 13.8. The molecule has 132 valence electrons. The number of thiophene rings is 1. The average molecular weight is 402 g/mol.